The Balaban J connectivity index is 2.42. The normalized spacial score (nSPS) is 22.9. The molecule has 0 spiro atoms. The van der Waals surface area contributed by atoms with Gasteiger partial charge < -0.3 is 4.90 Å². The van der Waals surface area contributed by atoms with Crippen molar-refractivity contribution in [3.63, 3.8) is 0 Å². The molecule has 4 nitrogen and oxygen atoms in total. The van der Waals surface area contributed by atoms with Gasteiger partial charge >= 0.3 is 0 Å². The smallest absolute Gasteiger partial charge is 0.0256 e. The maximum atomic E-state index is 3.44. The standard InChI is InChI=1S/C18H40N4/c1-6-10-16(7-2)13-18(8-3)22-15-17(14-19-20-22)11-9-12-21(4)5/h16-20H,6-15H2,1-5H3. The zero-order chi connectivity index (χ0) is 16.4. The lowest BCUT2D eigenvalue weighted by molar-refractivity contribution is 0.0208. The maximum absolute atomic E-state index is 3.44. The van der Waals surface area contributed by atoms with Crippen LogP contribution in [0.25, 0.3) is 0 Å². The second-order valence-electron chi connectivity index (χ2n) is 7.32. The number of hydrogen-bond acceptors (Lipinski definition) is 4. The fourth-order valence-electron chi connectivity index (χ4n) is 3.61. The van der Waals surface area contributed by atoms with Gasteiger partial charge in [0.1, 0.15) is 0 Å². The van der Waals surface area contributed by atoms with Gasteiger partial charge in [-0.05, 0) is 58.2 Å². The number of rotatable bonds is 11. The van der Waals surface area contributed by atoms with Gasteiger partial charge in [-0.2, -0.15) is 5.53 Å². The molecule has 2 N–H and O–H groups in total. The molecule has 1 aliphatic heterocycles. The molecule has 0 saturated carbocycles. The number of hydrazine groups is 2. The number of nitrogens with one attached hydrogen (secondary N) is 2. The van der Waals surface area contributed by atoms with E-state index in [2.05, 4.69) is 55.7 Å². The van der Waals surface area contributed by atoms with Crippen LogP contribution in [-0.2, 0) is 0 Å². The van der Waals surface area contributed by atoms with Crippen molar-refractivity contribution in [2.75, 3.05) is 33.7 Å². The van der Waals surface area contributed by atoms with Crippen molar-refractivity contribution in [2.45, 2.75) is 71.8 Å². The molecule has 3 atom stereocenters. The van der Waals surface area contributed by atoms with Gasteiger partial charge in [-0.3, -0.25) is 0 Å². The van der Waals surface area contributed by atoms with Crippen LogP contribution in [0, 0.1) is 11.8 Å². The minimum Gasteiger partial charge on any atom is -0.309 e. The third kappa shape index (κ3) is 7.40. The van der Waals surface area contributed by atoms with Crippen LogP contribution in [0.3, 0.4) is 0 Å². The summed E-state index contributed by atoms with van der Waals surface area (Å²) in [5.74, 6) is 1.66. The topological polar surface area (TPSA) is 30.5 Å². The summed E-state index contributed by atoms with van der Waals surface area (Å²) in [4.78, 5) is 2.29. The van der Waals surface area contributed by atoms with Crippen LogP contribution < -0.4 is 11.0 Å². The molecule has 22 heavy (non-hydrogen) atoms. The zero-order valence-electron chi connectivity index (χ0n) is 15.7. The minimum atomic E-state index is 0.667. The fraction of sp³-hybridized carbons (Fsp3) is 1.00. The van der Waals surface area contributed by atoms with Crippen LogP contribution in [0.4, 0.5) is 0 Å². The SMILES string of the molecule is CCCC(CC)CC(CC)N1CC(CCCN(C)C)CNN1. The highest BCUT2D eigenvalue weighted by Crippen LogP contribution is 2.23. The molecule has 4 heteroatoms. The van der Waals surface area contributed by atoms with Crippen molar-refractivity contribution in [3.05, 3.63) is 0 Å². The number of nitrogens with zero attached hydrogens (tertiary/aromatic N) is 2. The fourth-order valence-corrected chi connectivity index (χ4v) is 3.61. The van der Waals surface area contributed by atoms with Crippen LogP contribution in [0.15, 0.2) is 0 Å². The molecule has 0 aromatic rings. The molecular weight excluding hydrogens is 272 g/mol. The Morgan fingerprint density at radius 1 is 1.18 bits per heavy atom. The summed E-state index contributed by atoms with van der Waals surface area (Å²) in [5, 5.41) is 2.49. The van der Waals surface area contributed by atoms with Gasteiger partial charge in [-0.25, -0.2) is 10.4 Å². The highest BCUT2D eigenvalue weighted by Gasteiger charge is 2.26. The van der Waals surface area contributed by atoms with Gasteiger partial charge in [0.2, 0.25) is 0 Å². The summed E-state index contributed by atoms with van der Waals surface area (Å²) in [6.45, 7) is 10.5. The lowest BCUT2D eigenvalue weighted by Gasteiger charge is -2.40. The molecule has 1 heterocycles. The molecule has 0 bridgehead atoms. The van der Waals surface area contributed by atoms with Gasteiger partial charge in [0.25, 0.3) is 0 Å². The van der Waals surface area contributed by atoms with Crippen LogP contribution in [0.5, 0.6) is 0 Å². The molecule has 1 rings (SSSR count). The molecule has 0 amide bonds. The summed E-state index contributed by atoms with van der Waals surface area (Å²) in [5.41, 5.74) is 6.87. The van der Waals surface area contributed by atoms with Gasteiger partial charge in [0, 0.05) is 19.1 Å². The first-order valence-electron chi connectivity index (χ1n) is 9.50. The first-order chi connectivity index (χ1) is 10.6. The maximum Gasteiger partial charge on any atom is 0.0256 e. The van der Waals surface area contributed by atoms with Crippen molar-refractivity contribution < 1.29 is 0 Å². The van der Waals surface area contributed by atoms with Crippen molar-refractivity contribution in [2.24, 2.45) is 11.8 Å². The van der Waals surface area contributed by atoms with Crippen LogP contribution in [-0.4, -0.2) is 49.7 Å². The van der Waals surface area contributed by atoms with Gasteiger partial charge in [-0.1, -0.05) is 40.0 Å². The third-order valence-corrected chi connectivity index (χ3v) is 5.08. The molecule has 0 aromatic heterocycles. The van der Waals surface area contributed by atoms with E-state index < -0.39 is 0 Å². The Morgan fingerprint density at radius 3 is 2.55 bits per heavy atom. The second-order valence-corrected chi connectivity index (χ2v) is 7.32. The van der Waals surface area contributed by atoms with E-state index in [4.69, 9.17) is 0 Å². The Hall–Kier alpha value is -0.160. The first kappa shape index (κ1) is 19.9. The van der Waals surface area contributed by atoms with E-state index in [9.17, 15) is 0 Å². The van der Waals surface area contributed by atoms with Gasteiger partial charge in [0.05, 0.1) is 0 Å². The van der Waals surface area contributed by atoms with Crippen molar-refractivity contribution in [3.8, 4) is 0 Å². The molecule has 1 aliphatic rings. The van der Waals surface area contributed by atoms with E-state index in [0.29, 0.717) is 6.04 Å². The lowest BCUT2D eigenvalue weighted by Crippen LogP contribution is -2.60. The predicted molar refractivity (Wildman–Crippen MR) is 96.5 cm³/mol. The Kier molecular flexibility index (Phi) is 10.3. The van der Waals surface area contributed by atoms with Crippen LogP contribution >= 0.6 is 0 Å². The van der Waals surface area contributed by atoms with E-state index in [0.717, 1.165) is 18.4 Å². The average Bonchev–Trinajstić information content (AvgIpc) is 2.51. The molecule has 3 unspecified atom stereocenters. The number of hydrogen-bond donors (Lipinski definition) is 2. The Morgan fingerprint density at radius 2 is 1.95 bits per heavy atom. The van der Waals surface area contributed by atoms with Gasteiger partial charge in [0.15, 0.2) is 0 Å². The minimum absolute atomic E-state index is 0.667. The molecule has 0 radical (unpaired) electrons. The second kappa shape index (κ2) is 11.4. The van der Waals surface area contributed by atoms with Crippen molar-refractivity contribution in [1.82, 2.24) is 20.9 Å². The molecule has 1 saturated heterocycles. The highest BCUT2D eigenvalue weighted by molar-refractivity contribution is 4.77. The summed E-state index contributed by atoms with van der Waals surface area (Å²) in [6.07, 6.45) is 9.20. The lowest BCUT2D eigenvalue weighted by atomic mass is 9.91. The first-order valence-corrected chi connectivity index (χ1v) is 9.50. The van der Waals surface area contributed by atoms with E-state index >= 15 is 0 Å². The van der Waals surface area contributed by atoms with E-state index in [-0.39, 0.29) is 0 Å². The van der Waals surface area contributed by atoms with Crippen LogP contribution in [0.1, 0.15) is 65.7 Å². The zero-order valence-corrected chi connectivity index (χ0v) is 15.7. The van der Waals surface area contributed by atoms with Crippen molar-refractivity contribution >= 4 is 0 Å². The summed E-state index contributed by atoms with van der Waals surface area (Å²) < 4.78 is 0. The molecular formula is C18H40N4. The molecule has 132 valence electrons. The Bertz CT molecular complexity index is 270. The van der Waals surface area contributed by atoms with Crippen LogP contribution in [0.2, 0.25) is 0 Å². The van der Waals surface area contributed by atoms with Crippen molar-refractivity contribution in [1.29, 1.82) is 0 Å². The summed E-state index contributed by atoms with van der Waals surface area (Å²) in [6, 6.07) is 0.667. The third-order valence-electron chi connectivity index (χ3n) is 5.08. The summed E-state index contributed by atoms with van der Waals surface area (Å²) in [7, 11) is 4.33. The molecule has 0 aromatic carbocycles. The average molecular weight is 313 g/mol. The monoisotopic (exact) mass is 312 g/mol. The largest absolute Gasteiger partial charge is 0.309 e. The highest BCUT2D eigenvalue weighted by atomic mass is 15.7. The van der Waals surface area contributed by atoms with E-state index in [1.165, 1.54) is 58.0 Å². The van der Waals surface area contributed by atoms with Gasteiger partial charge in [-0.15, -0.1) is 0 Å². The molecule has 0 aliphatic carbocycles. The predicted octanol–water partition coefficient (Wildman–Crippen LogP) is 3.26. The molecule has 1 fully saturated rings. The van der Waals surface area contributed by atoms with E-state index in [1.807, 2.05) is 0 Å². The Labute approximate surface area is 138 Å². The summed E-state index contributed by atoms with van der Waals surface area (Å²) >= 11 is 0. The quantitative estimate of drug-likeness (QED) is 0.613. The van der Waals surface area contributed by atoms with E-state index in [1.54, 1.807) is 0 Å².